The average molecular weight is 465 g/mol. The molecule has 9 heteroatoms. The highest BCUT2D eigenvalue weighted by Gasteiger charge is 2.40. The zero-order valence-electron chi connectivity index (χ0n) is 17.2. The van der Waals surface area contributed by atoms with E-state index in [9.17, 15) is 9.59 Å². The number of ether oxygens (including phenoxy) is 1. The van der Waals surface area contributed by atoms with Gasteiger partial charge in [0.15, 0.2) is 0 Å². The third kappa shape index (κ3) is 3.97. The number of fused-ring (bicyclic) bond motifs is 4. The second-order valence-electron chi connectivity index (χ2n) is 7.96. The Morgan fingerprint density at radius 2 is 2.06 bits per heavy atom. The van der Waals surface area contributed by atoms with Crippen molar-refractivity contribution in [2.24, 2.45) is 5.92 Å². The fraction of sp³-hybridized carbons (Fsp3) is 0.409. The van der Waals surface area contributed by atoms with Gasteiger partial charge in [-0.1, -0.05) is 12.1 Å². The summed E-state index contributed by atoms with van der Waals surface area (Å²) in [6.45, 7) is 1.35. The Hall–Kier alpha value is -2.35. The maximum Gasteiger partial charge on any atom is 0.328 e. The molecule has 3 heterocycles. The number of hydrogen-bond donors (Lipinski definition) is 2. The Morgan fingerprint density at radius 3 is 2.87 bits per heavy atom. The van der Waals surface area contributed by atoms with E-state index in [4.69, 9.17) is 4.74 Å². The first-order valence-corrected chi connectivity index (χ1v) is 10.1. The Balaban J connectivity index is 0.00000136. The van der Waals surface area contributed by atoms with Crippen molar-refractivity contribution in [3.05, 3.63) is 68.6 Å². The van der Waals surface area contributed by atoms with Gasteiger partial charge in [-0.3, -0.25) is 14.3 Å². The first kappa shape index (κ1) is 23.3. The molecule has 1 saturated heterocycles. The first-order valence-electron chi connectivity index (χ1n) is 10.1. The van der Waals surface area contributed by atoms with E-state index in [-0.39, 0.29) is 42.1 Å². The zero-order valence-corrected chi connectivity index (χ0v) is 18.8. The van der Waals surface area contributed by atoms with Crippen LogP contribution in [0.3, 0.4) is 0 Å². The number of H-pyrrole nitrogens is 1. The minimum absolute atomic E-state index is 0. The third-order valence-corrected chi connectivity index (χ3v) is 6.54. The van der Waals surface area contributed by atoms with E-state index in [1.54, 1.807) is 19.4 Å². The molecule has 0 saturated carbocycles. The fourth-order valence-electron chi connectivity index (χ4n) is 5.17. The number of methoxy groups -OCH3 is 1. The SMILES string of the molecule is COc1cccc2c1CCC1CNC(CCn3c(=O)[nH]c4cnccc4c3=O)C21.Cl.Cl. The van der Waals surface area contributed by atoms with Crippen LogP contribution in [0.2, 0.25) is 0 Å². The van der Waals surface area contributed by atoms with Crippen LogP contribution < -0.4 is 21.3 Å². The number of nitrogens with zero attached hydrogens (tertiary/aromatic N) is 2. The van der Waals surface area contributed by atoms with Gasteiger partial charge in [-0.05, 0) is 55.0 Å². The summed E-state index contributed by atoms with van der Waals surface area (Å²) in [4.78, 5) is 32.0. The Kier molecular flexibility index (Phi) is 7.09. The number of pyridine rings is 1. The number of nitrogens with one attached hydrogen (secondary N) is 2. The Labute approximate surface area is 192 Å². The Bertz CT molecular complexity index is 1190. The second-order valence-corrected chi connectivity index (χ2v) is 7.96. The molecular weight excluding hydrogens is 439 g/mol. The average Bonchev–Trinajstić information content (AvgIpc) is 3.16. The van der Waals surface area contributed by atoms with Crippen molar-refractivity contribution in [3.8, 4) is 5.75 Å². The van der Waals surface area contributed by atoms with Crippen LogP contribution in [-0.4, -0.2) is 34.2 Å². The van der Waals surface area contributed by atoms with E-state index in [1.807, 2.05) is 6.07 Å². The summed E-state index contributed by atoms with van der Waals surface area (Å²) < 4.78 is 6.89. The molecule has 1 aromatic carbocycles. The lowest BCUT2D eigenvalue weighted by Crippen LogP contribution is -2.38. The van der Waals surface area contributed by atoms with E-state index in [2.05, 4.69) is 27.4 Å². The lowest BCUT2D eigenvalue weighted by atomic mass is 9.73. The van der Waals surface area contributed by atoms with Gasteiger partial charge in [0.1, 0.15) is 5.75 Å². The molecule has 2 N–H and O–H groups in total. The van der Waals surface area contributed by atoms with Crippen molar-refractivity contribution >= 4 is 35.7 Å². The van der Waals surface area contributed by atoms with Gasteiger partial charge in [-0.2, -0.15) is 0 Å². The van der Waals surface area contributed by atoms with E-state index in [1.165, 1.54) is 21.9 Å². The summed E-state index contributed by atoms with van der Waals surface area (Å²) in [5, 5.41) is 4.14. The topological polar surface area (TPSA) is 89.0 Å². The summed E-state index contributed by atoms with van der Waals surface area (Å²) in [7, 11) is 1.72. The van der Waals surface area contributed by atoms with Gasteiger partial charge in [0.25, 0.3) is 5.56 Å². The lowest BCUT2D eigenvalue weighted by molar-refractivity contribution is 0.371. The molecule has 1 fully saturated rings. The predicted octanol–water partition coefficient (Wildman–Crippen LogP) is 2.65. The van der Waals surface area contributed by atoms with Crippen molar-refractivity contribution in [1.82, 2.24) is 19.9 Å². The van der Waals surface area contributed by atoms with Gasteiger partial charge >= 0.3 is 5.69 Å². The maximum absolute atomic E-state index is 12.8. The molecular formula is C22H26Cl2N4O3. The molecule has 2 aliphatic rings. The molecule has 3 aromatic rings. The smallest absolute Gasteiger partial charge is 0.328 e. The molecule has 31 heavy (non-hydrogen) atoms. The molecule has 5 rings (SSSR count). The van der Waals surface area contributed by atoms with E-state index >= 15 is 0 Å². The predicted molar refractivity (Wildman–Crippen MR) is 125 cm³/mol. The number of hydrogen-bond acceptors (Lipinski definition) is 5. The van der Waals surface area contributed by atoms with Crippen molar-refractivity contribution < 1.29 is 4.74 Å². The lowest BCUT2D eigenvalue weighted by Gasteiger charge is -2.32. The van der Waals surface area contributed by atoms with Gasteiger partial charge in [0.05, 0.1) is 24.2 Å². The molecule has 2 aromatic heterocycles. The molecule has 166 valence electrons. The van der Waals surface area contributed by atoms with Crippen molar-refractivity contribution in [2.75, 3.05) is 13.7 Å². The van der Waals surface area contributed by atoms with Gasteiger partial charge in [0.2, 0.25) is 0 Å². The first-order chi connectivity index (χ1) is 14.2. The van der Waals surface area contributed by atoms with Crippen LogP contribution in [0.15, 0.2) is 46.2 Å². The van der Waals surface area contributed by atoms with Gasteiger partial charge in [-0.25, -0.2) is 4.79 Å². The minimum Gasteiger partial charge on any atom is -0.496 e. The molecule has 0 amide bonds. The van der Waals surface area contributed by atoms with E-state index < -0.39 is 0 Å². The van der Waals surface area contributed by atoms with Crippen LogP contribution in [-0.2, 0) is 13.0 Å². The van der Waals surface area contributed by atoms with Crippen molar-refractivity contribution in [1.29, 1.82) is 0 Å². The van der Waals surface area contributed by atoms with Gasteiger partial charge < -0.3 is 15.0 Å². The highest BCUT2D eigenvalue weighted by Crippen LogP contribution is 2.45. The molecule has 1 aliphatic heterocycles. The third-order valence-electron chi connectivity index (χ3n) is 6.54. The number of halogens is 2. The Morgan fingerprint density at radius 1 is 1.23 bits per heavy atom. The summed E-state index contributed by atoms with van der Waals surface area (Å²) in [6, 6.07) is 8.17. The number of benzene rings is 1. The van der Waals surface area contributed by atoms with E-state index in [0.717, 1.165) is 31.6 Å². The summed E-state index contributed by atoms with van der Waals surface area (Å²) in [6.07, 6.45) is 5.97. The van der Waals surface area contributed by atoms with Gasteiger partial charge in [-0.15, -0.1) is 24.8 Å². The van der Waals surface area contributed by atoms with Crippen molar-refractivity contribution in [2.45, 2.75) is 37.8 Å². The highest BCUT2D eigenvalue weighted by molar-refractivity contribution is 5.85. The molecule has 0 radical (unpaired) electrons. The second kappa shape index (κ2) is 9.42. The summed E-state index contributed by atoms with van der Waals surface area (Å²) in [5.41, 5.74) is 2.49. The molecule has 3 atom stereocenters. The van der Waals surface area contributed by atoms with Crippen LogP contribution >= 0.6 is 24.8 Å². The highest BCUT2D eigenvalue weighted by atomic mass is 35.5. The standard InChI is InChI=1S/C22H24N4O3.2ClH/c1-29-19-4-2-3-15-14(19)6-5-13-11-24-17(20(13)15)8-10-26-21(27)16-7-9-23-12-18(16)25-22(26)28;;/h2-4,7,9,12-13,17,20,24H,5-6,8,10-11H2,1H3,(H,25,28);2*1H. The number of aromatic nitrogens is 3. The monoisotopic (exact) mass is 464 g/mol. The van der Waals surface area contributed by atoms with Crippen LogP contribution in [0.5, 0.6) is 5.75 Å². The molecule has 3 unspecified atom stereocenters. The normalized spacial score (nSPS) is 21.5. The number of rotatable bonds is 4. The minimum atomic E-state index is -0.379. The summed E-state index contributed by atoms with van der Waals surface area (Å²) >= 11 is 0. The van der Waals surface area contributed by atoms with Crippen molar-refractivity contribution in [3.63, 3.8) is 0 Å². The molecule has 0 spiro atoms. The van der Waals surface area contributed by atoms with E-state index in [0.29, 0.717) is 29.3 Å². The molecule has 0 bridgehead atoms. The van der Waals surface area contributed by atoms with Crippen LogP contribution in [0.1, 0.15) is 29.9 Å². The maximum atomic E-state index is 12.8. The summed E-state index contributed by atoms with van der Waals surface area (Å²) in [5.74, 6) is 1.92. The zero-order chi connectivity index (χ0) is 20.0. The molecule has 1 aliphatic carbocycles. The largest absolute Gasteiger partial charge is 0.496 e. The van der Waals surface area contributed by atoms with Crippen LogP contribution in [0.4, 0.5) is 0 Å². The fourth-order valence-corrected chi connectivity index (χ4v) is 5.17. The number of aromatic amines is 1. The van der Waals surface area contributed by atoms with Crippen LogP contribution in [0.25, 0.3) is 10.9 Å². The van der Waals surface area contributed by atoms with Crippen LogP contribution in [0, 0.1) is 5.92 Å². The molecule has 7 nitrogen and oxygen atoms in total. The quantitative estimate of drug-likeness (QED) is 0.619. The van der Waals surface area contributed by atoms with Gasteiger partial charge in [0, 0.05) is 24.7 Å².